The number of hydrogen-bond donors (Lipinski definition) is 2. The highest BCUT2D eigenvalue weighted by molar-refractivity contribution is 5.39. The molecule has 1 aliphatic rings. The highest BCUT2D eigenvalue weighted by atomic mass is 15.3. The van der Waals surface area contributed by atoms with E-state index in [1.165, 1.54) is 36.0 Å². The van der Waals surface area contributed by atoms with Crippen LogP contribution in [0.3, 0.4) is 0 Å². The van der Waals surface area contributed by atoms with Crippen LogP contribution in [0.1, 0.15) is 47.5 Å². The van der Waals surface area contributed by atoms with Crippen molar-refractivity contribution in [2.45, 2.75) is 38.6 Å². The molecule has 0 radical (unpaired) electrons. The minimum absolute atomic E-state index is 0.00120. The highest BCUT2D eigenvalue weighted by Gasteiger charge is 2.20. The van der Waals surface area contributed by atoms with Gasteiger partial charge in [-0.15, -0.1) is 0 Å². The number of nitrogens with one attached hydrogen (secondary N) is 1. The van der Waals surface area contributed by atoms with Gasteiger partial charge in [-0.05, 0) is 48.4 Å². The van der Waals surface area contributed by atoms with Crippen LogP contribution < -0.4 is 11.3 Å². The number of hydrogen-bond acceptors (Lipinski definition) is 3. The van der Waals surface area contributed by atoms with Crippen LogP contribution in [0.15, 0.2) is 24.3 Å². The summed E-state index contributed by atoms with van der Waals surface area (Å²) in [6.45, 7) is 2.12. The molecule has 4 nitrogen and oxygen atoms in total. The third kappa shape index (κ3) is 2.25. The first-order chi connectivity index (χ1) is 9.72. The van der Waals surface area contributed by atoms with Crippen LogP contribution in [0, 0.1) is 0 Å². The molecular weight excluding hydrogens is 248 g/mol. The molecule has 1 unspecified atom stereocenters. The summed E-state index contributed by atoms with van der Waals surface area (Å²) in [6, 6.07) is 8.87. The van der Waals surface area contributed by atoms with Gasteiger partial charge in [-0.2, -0.15) is 5.10 Å². The van der Waals surface area contributed by atoms with Gasteiger partial charge in [-0.1, -0.05) is 25.1 Å². The maximum atomic E-state index is 5.81. The van der Waals surface area contributed by atoms with Crippen molar-refractivity contribution in [3.63, 3.8) is 0 Å². The number of nitrogens with zero attached hydrogens (tertiary/aromatic N) is 2. The van der Waals surface area contributed by atoms with Crippen LogP contribution >= 0.6 is 0 Å². The summed E-state index contributed by atoms with van der Waals surface area (Å²) in [5.41, 5.74) is 9.34. The van der Waals surface area contributed by atoms with Crippen LogP contribution in [0.5, 0.6) is 0 Å². The summed E-state index contributed by atoms with van der Waals surface area (Å²) in [6.07, 6.45) is 4.61. The minimum atomic E-state index is -0.00120. The third-order valence-electron chi connectivity index (χ3n) is 4.25. The fourth-order valence-corrected chi connectivity index (χ4v) is 3.11. The van der Waals surface area contributed by atoms with Crippen molar-refractivity contribution in [3.05, 3.63) is 52.3 Å². The van der Waals surface area contributed by atoms with Gasteiger partial charge >= 0.3 is 0 Å². The molecule has 0 saturated heterocycles. The van der Waals surface area contributed by atoms with E-state index in [9.17, 15) is 0 Å². The number of rotatable bonds is 4. The largest absolute Gasteiger partial charge is 0.271 e. The zero-order valence-electron chi connectivity index (χ0n) is 12.2. The van der Waals surface area contributed by atoms with Gasteiger partial charge in [0.25, 0.3) is 0 Å². The quantitative estimate of drug-likeness (QED) is 0.660. The molecule has 20 heavy (non-hydrogen) atoms. The normalized spacial score (nSPS) is 15.3. The van der Waals surface area contributed by atoms with Crippen LogP contribution in [0.25, 0.3) is 0 Å². The highest BCUT2D eigenvalue weighted by Crippen LogP contribution is 2.28. The van der Waals surface area contributed by atoms with Gasteiger partial charge in [0, 0.05) is 7.05 Å². The average molecular weight is 270 g/mol. The zero-order chi connectivity index (χ0) is 14.1. The van der Waals surface area contributed by atoms with Crippen molar-refractivity contribution in [1.29, 1.82) is 0 Å². The Morgan fingerprint density at radius 2 is 2.10 bits per heavy atom. The van der Waals surface area contributed by atoms with Gasteiger partial charge in [0.1, 0.15) is 0 Å². The Bertz CT molecular complexity index is 615. The summed E-state index contributed by atoms with van der Waals surface area (Å²) >= 11 is 0. The lowest BCUT2D eigenvalue weighted by Crippen LogP contribution is -2.30. The molecular formula is C16H22N4. The van der Waals surface area contributed by atoms with E-state index in [0.29, 0.717) is 0 Å². The van der Waals surface area contributed by atoms with Gasteiger partial charge in [-0.3, -0.25) is 10.5 Å². The number of benzene rings is 1. The van der Waals surface area contributed by atoms with E-state index in [2.05, 4.69) is 41.7 Å². The number of nitrogens with two attached hydrogens (primary N) is 1. The van der Waals surface area contributed by atoms with E-state index in [1.807, 2.05) is 11.7 Å². The summed E-state index contributed by atoms with van der Waals surface area (Å²) in [5, 5.41) is 4.52. The maximum Gasteiger partial charge on any atom is 0.0878 e. The van der Waals surface area contributed by atoms with E-state index < -0.39 is 0 Å². The lowest BCUT2D eigenvalue weighted by atomic mass is 9.99. The van der Waals surface area contributed by atoms with Crippen molar-refractivity contribution in [3.8, 4) is 0 Å². The Hall–Kier alpha value is -1.65. The van der Waals surface area contributed by atoms with E-state index in [1.54, 1.807) is 0 Å². The van der Waals surface area contributed by atoms with Crippen molar-refractivity contribution in [2.24, 2.45) is 12.9 Å². The molecule has 1 atom stereocenters. The molecule has 1 aromatic heterocycles. The summed E-state index contributed by atoms with van der Waals surface area (Å²) in [4.78, 5) is 0. The van der Waals surface area contributed by atoms with Gasteiger partial charge in [0.05, 0.1) is 17.4 Å². The Balaban J connectivity index is 1.98. The monoisotopic (exact) mass is 270 g/mol. The molecule has 106 valence electrons. The van der Waals surface area contributed by atoms with E-state index >= 15 is 0 Å². The second-order valence-corrected chi connectivity index (χ2v) is 5.52. The Labute approximate surface area is 120 Å². The molecule has 3 N–H and O–H groups in total. The lowest BCUT2D eigenvalue weighted by molar-refractivity contribution is 0.573. The molecule has 4 heteroatoms. The fourth-order valence-electron chi connectivity index (χ4n) is 3.11. The molecule has 1 aromatic carbocycles. The number of fused-ring (bicyclic) bond motifs is 1. The molecule has 2 aromatic rings. The van der Waals surface area contributed by atoms with Crippen molar-refractivity contribution in [2.75, 3.05) is 0 Å². The van der Waals surface area contributed by atoms with Crippen LogP contribution in [-0.2, 0) is 26.3 Å². The van der Waals surface area contributed by atoms with Gasteiger partial charge < -0.3 is 0 Å². The Kier molecular flexibility index (Phi) is 3.59. The van der Waals surface area contributed by atoms with Crippen molar-refractivity contribution >= 4 is 0 Å². The van der Waals surface area contributed by atoms with Crippen LogP contribution in [-0.4, -0.2) is 9.78 Å². The molecule has 0 amide bonds. The zero-order valence-corrected chi connectivity index (χ0v) is 12.2. The molecule has 0 fully saturated rings. The van der Waals surface area contributed by atoms with Gasteiger partial charge in [-0.25, -0.2) is 5.43 Å². The first-order valence-electron chi connectivity index (χ1n) is 7.33. The Morgan fingerprint density at radius 3 is 2.80 bits per heavy atom. The van der Waals surface area contributed by atoms with Crippen molar-refractivity contribution in [1.82, 2.24) is 15.2 Å². The molecule has 0 spiro atoms. The maximum absolute atomic E-state index is 5.81. The molecule has 1 aliphatic carbocycles. The SMILES string of the molecule is CCc1cc(C(NN)c2ccc3c(c2)CCC3)n(C)n1. The van der Waals surface area contributed by atoms with E-state index in [4.69, 9.17) is 5.84 Å². The Morgan fingerprint density at radius 1 is 1.30 bits per heavy atom. The lowest BCUT2D eigenvalue weighted by Gasteiger charge is -2.17. The predicted molar refractivity (Wildman–Crippen MR) is 80.2 cm³/mol. The third-order valence-corrected chi connectivity index (χ3v) is 4.25. The average Bonchev–Trinajstić information content (AvgIpc) is 3.06. The summed E-state index contributed by atoms with van der Waals surface area (Å²) in [5.74, 6) is 5.81. The van der Waals surface area contributed by atoms with Crippen molar-refractivity contribution < 1.29 is 0 Å². The standard InChI is InChI=1S/C16H22N4/c1-3-14-10-15(20(2)19-14)16(18-17)13-8-7-11-5-4-6-12(11)9-13/h7-10,16,18H,3-6,17H2,1-2H3. The number of aryl methyl sites for hydroxylation is 4. The van der Waals surface area contributed by atoms with E-state index in [0.717, 1.165) is 17.8 Å². The first-order valence-corrected chi connectivity index (χ1v) is 7.33. The van der Waals surface area contributed by atoms with Crippen LogP contribution in [0.4, 0.5) is 0 Å². The van der Waals surface area contributed by atoms with E-state index in [-0.39, 0.29) is 6.04 Å². The molecule has 0 bridgehead atoms. The minimum Gasteiger partial charge on any atom is -0.271 e. The second-order valence-electron chi connectivity index (χ2n) is 5.52. The summed E-state index contributed by atoms with van der Waals surface area (Å²) in [7, 11) is 1.98. The van der Waals surface area contributed by atoms with Crippen LogP contribution in [0.2, 0.25) is 0 Å². The smallest absolute Gasteiger partial charge is 0.0878 e. The predicted octanol–water partition coefficient (Wildman–Crippen LogP) is 2.02. The number of hydrazine groups is 1. The number of aromatic nitrogens is 2. The second kappa shape index (κ2) is 5.38. The molecule has 0 aliphatic heterocycles. The molecule has 0 saturated carbocycles. The molecule has 1 heterocycles. The topological polar surface area (TPSA) is 55.9 Å². The first kappa shape index (κ1) is 13.3. The fraction of sp³-hybridized carbons (Fsp3) is 0.438. The van der Waals surface area contributed by atoms with Gasteiger partial charge in [0.15, 0.2) is 0 Å². The summed E-state index contributed by atoms with van der Waals surface area (Å²) < 4.78 is 1.93. The van der Waals surface area contributed by atoms with Gasteiger partial charge in [0.2, 0.25) is 0 Å². The molecule has 3 rings (SSSR count).